The Bertz CT molecular complexity index is 1360. The summed E-state index contributed by atoms with van der Waals surface area (Å²) in [6.45, 7) is 6.21. The monoisotopic (exact) mass is 627 g/mol. The minimum Gasteiger partial charge on any atom is -0.354 e. The first-order valence-electron chi connectivity index (χ1n) is 13.4. The molecule has 40 heavy (non-hydrogen) atoms. The van der Waals surface area contributed by atoms with Gasteiger partial charge in [-0.3, -0.25) is 13.9 Å². The largest absolute Gasteiger partial charge is 0.354 e. The number of anilines is 1. The van der Waals surface area contributed by atoms with E-state index < -0.39 is 28.5 Å². The zero-order valence-electron chi connectivity index (χ0n) is 23.5. The van der Waals surface area contributed by atoms with Crippen LogP contribution in [0.4, 0.5) is 5.69 Å². The number of hydrogen-bond acceptors (Lipinski definition) is 4. The third-order valence-corrected chi connectivity index (χ3v) is 8.20. The zero-order chi connectivity index (χ0) is 29.3. The summed E-state index contributed by atoms with van der Waals surface area (Å²) in [6.07, 6.45) is 2.19. The predicted molar refractivity (Wildman–Crippen MR) is 164 cm³/mol. The lowest BCUT2D eigenvalue weighted by atomic mass is 10.0. The number of amides is 2. The van der Waals surface area contributed by atoms with Crippen LogP contribution in [-0.4, -0.2) is 50.5 Å². The molecule has 0 fully saturated rings. The summed E-state index contributed by atoms with van der Waals surface area (Å²) in [4.78, 5) is 29.2. The molecule has 0 saturated heterocycles. The highest BCUT2D eigenvalue weighted by molar-refractivity contribution is 9.10. The fourth-order valence-corrected chi connectivity index (χ4v) is 5.39. The molecule has 9 heteroatoms. The molecule has 0 radical (unpaired) electrons. The van der Waals surface area contributed by atoms with E-state index in [1.54, 1.807) is 12.1 Å². The number of sulfonamides is 1. The second-order valence-corrected chi connectivity index (χ2v) is 13.1. The van der Waals surface area contributed by atoms with Crippen LogP contribution >= 0.6 is 15.9 Å². The third-order valence-electron chi connectivity index (χ3n) is 6.53. The SMILES string of the molecule is CCc1ccc(N(CC(=O)N(Cc2ccc(Br)cc2)[C@@H](Cc2ccccc2)C(=O)NCC(C)C)S(C)(=O)=O)cc1. The van der Waals surface area contributed by atoms with Crippen LogP contribution in [0.2, 0.25) is 0 Å². The highest BCUT2D eigenvalue weighted by Crippen LogP contribution is 2.22. The van der Waals surface area contributed by atoms with Gasteiger partial charge >= 0.3 is 0 Å². The maximum absolute atomic E-state index is 14.1. The van der Waals surface area contributed by atoms with Crippen LogP contribution in [0.25, 0.3) is 0 Å². The van der Waals surface area contributed by atoms with E-state index in [0.717, 1.165) is 38.1 Å². The molecule has 0 bridgehead atoms. The Hall–Kier alpha value is -3.17. The molecule has 2 amide bonds. The first-order valence-corrected chi connectivity index (χ1v) is 16.0. The molecule has 3 rings (SSSR count). The van der Waals surface area contributed by atoms with Crippen molar-refractivity contribution in [1.29, 1.82) is 0 Å². The Balaban J connectivity index is 2.03. The van der Waals surface area contributed by atoms with E-state index in [1.807, 2.05) is 87.5 Å². The zero-order valence-corrected chi connectivity index (χ0v) is 25.9. The Labute approximate surface area is 246 Å². The molecule has 3 aromatic carbocycles. The summed E-state index contributed by atoms with van der Waals surface area (Å²) in [5, 5.41) is 2.99. The van der Waals surface area contributed by atoms with Crippen LogP contribution in [0.3, 0.4) is 0 Å². The van der Waals surface area contributed by atoms with Gasteiger partial charge in [-0.25, -0.2) is 8.42 Å². The van der Waals surface area contributed by atoms with Gasteiger partial charge in [-0.15, -0.1) is 0 Å². The molecule has 0 aromatic heterocycles. The smallest absolute Gasteiger partial charge is 0.244 e. The van der Waals surface area contributed by atoms with E-state index in [-0.39, 0.29) is 24.8 Å². The van der Waals surface area contributed by atoms with Crippen LogP contribution in [-0.2, 0) is 39.0 Å². The van der Waals surface area contributed by atoms with Crippen LogP contribution in [0.5, 0.6) is 0 Å². The third kappa shape index (κ3) is 9.20. The minimum absolute atomic E-state index is 0.144. The summed E-state index contributed by atoms with van der Waals surface area (Å²) in [6, 6.07) is 23.3. The summed E-state index contributed by atoms with van der Waals surface area (Å²) in [7, 11) is -3.79. The molecular weight excluding hydrogens is 590 g/mol. The van der Waals surface area contributed by atoms with Gasteiger partial charge in [0.1, 0.15) is 12.6 Å². The molecule has 0 saturated carbocycles. The van der Waals surface area contributed by atoms with Crippen molar-refractivity contribution in [3.05, 3.63) is 100 Å². The first kappa shape index (κ1) is 31.4. The van der Waals surface area contributed by atoms with Crippen molar-refractivity contribution in [2.45, 2.75) is 46.2 Å². The van der Waals surface area contributed by atoms with Crippen molar-refractivity contribution >= 4 is 43.5 Å². The molecule has 3 aromatic rings. The molecule has 7 nitrogen and oxygen atoms in total. The number of nitrogens with zero attached hydrogens (tertiary/aromatic N) is 2. The predicted octanol–water partition coefficient (Wildman–Crippen LogP) is 5.19. The standard InChI is InChI=1S/C31H38BrN3O4S/c1-5-24-13-17-28(18-14-24)35(40(4,38)39)22-30(36)34(21-26-11-15-27(32)16-12-26)29(31(37)33-20-23(2)3)19-25-9-7-6-8-10-25/h6-18,23,29H,5,19-22H2,1-4H3,(H,33,37)/t29-/m0/s1. The maximum Gasteiger partial charge on any atom is 0.244 e. The lowest BCUT2D eigenvalue weighted by Crippen LogP contribution is -2.53. The van der Waals surface area contributed by atoms with E-state index in [2.05, 4.69) is 21.2 Å². The van der Waals surface area contributed by atoms with E-state index >= 15 is 0 Å². The van der Waals surface area contributed by atoms with Gasteiger partial charge in [0.05, 0.1) is 11.9 Å². The van der Waals surface area contributed by atoms with Gasteiger partial charge in [0.2, 0.25) is 21.8 Å². The molecule has 1 N–H and O–H groups in total. The molecule has 1 atom stereocenters. The van der Waals surface area contributed by atoms with Crippen LogP contribution in [0.1, 0.15) is 37.5 Å². The van der Waals surface area contributed by atoms with Gasteiger partial charge in [0.15, 0.2) is 0 Å². The number of carbonyl (C=O) groups excluding carboxylic acids is 2. The summed E-state index contributed by atoms with van der Waals surface area (Å²) < 4.78 is 27.8. The topological polar surface area (TPSA) is 86.8 Å². The Morgan fingerprint density at radius 2 is 1.48 bits per heavy atom. The highest BCUT2D eigenvalue weighted by Gasteiger charge is 2.33. The highest BCUT2D eigenvalue weighted by atomic mass is 79.9. The Kier molecular flexibility index (Phi) is 11.3. The molecule has 0 aliphatic carbocycles. The summed E-state index contributed by atoms with van der Waals surface area (Å²) >= 11 is 3.44. The second-order valence-electron chi connectivity index (χ2n) is 10.3. The number of hydrogen-bond donors (Lipinski definition) is 1. The van der Waals surface area contributed by atoms with E-state index in [0.29, 0.717) is 12.2 Å². The lowest BCUT2D eigenvalue weighted by molar-refractivity contribution is -0.140. The van der Waals surface area contributed by atoms with Gasteiger partial charge in [-0.2, -0.15) is 0 Å². The average Bonchev–Trinajstić information content (AvgIpc) is 2.93. The van der Waals surface area contributed by atoms with Crippen LogP contribution in [0, 0.1) is 5.92 Å². The van der Waals surface area contributed by atoms with Crippen LogP contribution < -0.4 is 9.62 Å². The molecule has 214 valence electrons. The minimum atomic E-state index is -3.79. The fraction of sp³-hybridized carbons (Fsp3) is 0.355. The Morgan fingerprint density at radius 1 is 0.875 bits per heavy atom. The number of nitrogens with one attached hydrogen (secondary N) is 1. The van der Waals surface area contributed by atoms with Crippen molar-refractivity contribution in [2.24, 2.45) is 5.92 Å². The van der Waals surface area contributed by atoms with Crippen molar-refractivity contribution in [2.75, 3.05) is 23.7 Å². The molecule has 0 aliphatic heterocycles. The number of rotatable bonds is 13. The van der Waals surface area contributed by atoms with Crippen LogP contribution in [0.15, 0.2) is 83.3 Å². The van der Waals surface area contributed by atoms with Gasteiger partial charge in [-0.05, 0) is 53.3 Å². The van der Waals surface area contributed by atoms with Gasteiger partial charge in [-0.1, -0.05) is 91.3 Å². The normalized spacial score (nSPS) is 12.2. The summed E-state index contributed by atoms with van der Waals surface area (Å²) in [5.41, 5.74) is 3.19. The molecule has 0 unspecified atom stereocenters. The summed E-state index contributed by atoms with van der Waals surface area (Å²) in [5.74, 6) is -0.515. The first-order chi connectivity index (χ1) is 19.0. The Morgan fingerprint density at radius 3 is 2.02 bits per heavy atom. The van der Waals surface area contributed by atoms with E-state index in [9.17, 15) is 18.0 Å². The number of carbonyl (C=O) groups is 2. The van der Waals surface area contributed by atoms with Crippen molar-refractivity contribution in [3.63, 3.8) is 0 Å². The van der Waals surface area contributed by atoms with E-state index in [4.69, 9.17) is 0 Å². The van der Waals surface area contributed by atoms with Crippen molar-refractivity contribution in [1.82, 2.24) is 10.2 Å². The van der Waals surface area contributed by atoms with Gasteiger partial charge < -0.3 is 10.2 Å². The lowest BCUT2D eigenvalue weighted by Gasteiger charge is -2.33. The number of aryl methyl sites for hydroxylation is 1. The van der Waals surface area contributed by atoms with Gasteiger partial charge in [0.25, 0.3) is 0 Å². The van der Waals surface area contributed by atoms with Crippen molar-refractivity contribution in [3.8, 4) is 0 Å². The quantitative estimate of drug-likeness (QED) is 0.283. The van der Waals surface area contributed by atoms with Crippen molar-refractivity contribution < 1.29 is 18.0 Å². The second kappa shape index (κ2) is 14.5. The number of benzene rings is 3. The van der Waals surface area contributed by atoms with E-state index in [1.165, 1.54) is 4.90 Å². The maximum atomic E-state index is 14.1. The number of halogens is 1. The molecule has 0 spiro atoms. The van der Waals surface area contributed by atoms with Gasteiger partial charge in [0, 0.05) is 24.0 Å². The fourth-order valence-electron chi connectivity index (χ4n) is 4.27. The average molecular weight is 629 g/mol. The molecule has 0 heterocycles. The molecular formula is C31H38BrN3O4S. The molecule has 0 aliphatic rings.